The van der Waals surface area contributed by atoms with Crippen LogP contribution in [-0.4, -0.2) is 31.3 Å². The van der Waals surface area contributed by atoms with Crippen LogP contribution in [0.3, 0.4) is 0 Å². The Morgan fingerprint density at radius 3 is 2.55 bits per heavy atom. The average Bonchev–Trinajstić information content (AvgIpc) is 2.69. The van der Waals surface area contributed by atoms with Crippen molar-refractivity contribution in [1.29, 1.82) is 0 Å². The lowest BCUT2D eigenvalue weighted by Crippen LogP contribution is -2.37. The van der Waals surface area contributed by atoms with Crippen LogP contribution in [0.25, 0.3) is 0 Å². The Bertz CT molecular complexity index is 573. The molecule has 0 bridgehead atoms. The van der Waals surface area contributed by atoms with E-state index in [2.05, 4.69) is 17.4 Å². The summed E-state index contributed by atoms with van der Waals surface area (Å²) in [5.74, 6) is -0.689. The topological polar surface area (TPSA) is 89.3 Å². The van der Waals surface area contributed by atoms with Crippen LogP contribution in [0.5, 0.6) is 0 Å². The molecule has 1 aromatic rings. The summed E-state index contributed by atoms with van der Waals surface area (Å²) in [6.07, 6.45) is 4.13. The van der Waals surface area contributed by atoms with E-state index in [0.29, 0.717) is 17.0 Å². The van der Waals surface area contributed by atoms with Crippen molar-refractivity contribution in [3.8, 4) is 0 Å². The van der Waals surface area contributed by atoms with Gasteiger partial charge in [-0.25, -0.2) is 8.42 Å². The highest BCUT2D eigenvalue weighted by molar-refractivity contribution is 7.91. The van der Waals surface area contributed by atoms with Crippen molar-refractivity contribution in [3.63, 3.8) is 0 Å². The van der Waals surface area contributed by atoms with Crippen LogP contribution < -0.4 is 5.32 Å². The molecular formula is C15H26N2O4S. The van der Waals surface area contributed by atoms with E-state index in [1.807, 2.05) is 6.92 Å². The summed E-state index contributed by atoms with van der Waals surface area (Å²) in [6.45, 7) is 7.37. The fourth-order valence-electron chi connectivity index (χ4n) is 2.27. The molecule has 22 heavy (non-hydrogen) atoms. The monoisotopic (exact) mass is 330 g/mol. The van der Waals surface area contributed by atoms with Crippen LogP contribution in [-0.2, 0) is 20.4 Å². The lowest BCUT2D eigenvalue weighted by Gasteiger charge is -2.13. The van der Waals surface area contributed by atoms with Crippen molar-refractivity contribution < 1.29 is 17.7 Å². The molecule has 0 aliphatic carbocycles. The van der Waals surface area contributed by atoms with E-state index in [1.54, 1.807) is 13.8 Å². The third kappa shape index (κ3) is 6.17. The number of carbonyl (C=O) groups is 1. The van der Waals surface area contributed by atoms with Gasteiger partial charge >= 0.3 is 0 Å². The molecule has 1 unspecified atom stereocenters. The number of nitrogens with zero attached hydrogens (tertiary/aromatic N) is 1. The van der Waals surface area contributed by atoms with Crippen molar-refractivity contribution in [2.24, 2.45) is 0 Å². The van der Waals surface area contributed by atoms with Crippen molar-refractivity contribution >= 4 is 15.7 Å². The average molecular weight is 330 g/mol. The van der Waals surface area contributed by atoms with Gasteiger partial charge in [0.05, 0.1) is 11.4 Å². The summed E-state index contributed by atoms with van der Waals surface area (Å²) in [4.78, 5) is 11.9. The number of hydrogen-bond acceptors (Lipinski definition) is 5. The summed E-state index contributed by atoms with van der Waals surface area (Å²) < 4.78 is 29.2. The first-order valence-electron chi connectivity index (χ1n) is 7.66. The number of hydrogen-bond donors (Lipinski definition) is 1. The molecule has 0 aliphatic heterocycles. The molecule has 0 saturated carbocycles. The van der Waals surface area contributed by atoms with Gasteiger partial charge in [0.25, 0.3) is 0 Å². The third-order valence-corrected chi connectivity index (χ3v) is 4.98. The third-order valence-electron chi connectivity index (χ3n) is 3.54. The van der Waals surface area contributed by atoms with Crippen LogP contribution in [0.4, 0.5) is 0 Å². The zero-order chi connectivity index (χ0) is 16.8. The number of unbranched alkanes of at least 4 members (excludes halogenated alkanes) is 2. The predicted molar refractivity (Wildman–Crippen MR) is 85.2 cm³/mol. The second-order valence-corrected chi connectivity index (χ2v) is 7.86. The minimum atomic E-state index is -3.53. The van der Waals surface area contributed by atoms with Gasteiger partial charge in [0.2, 0.25) is 5.91 Å². The van der Waals surface area contributed by atoms with E-state index < -0.39 is 21.5 Å². The van der Waals surface area contributed by atoms with E-state index in [-0.39, 0.29) is 11.8 Å². The Morgan fingerprint density at radius 2 is 2.00 bits per heavy atom. The minimum Gasteiger partial charge on any atom is -0.361 e. The zero-order valence-electron chi connectivity index (χ0n) is 13.8. The molecule has 0 spiro atoms. The van der Waals surface area contributed by atoms with E-state index in [9.17, 15) is 13.2 Å². The Hall–Kier alpha value is -1.37. The molecule has 0 aromatic carbocycles. The molecule has 1 heterocycles. The number of rotatable bonds is 9. The van der Waals surface area contributed by atoms with Gasteiger partial charge < -0.3 is 9.84 Å². The fourth-order valence-corrected chi connectivity index (χ4v) is 3.70. The molecule has 1 N–H and O–H groups in total. The SMILES string of the molecule is CCCCCC(C)NC(=O)CS(=O)(=O)Cc1c(C)noc1C. The normalized spacial score (nSPS) is 13.1. The van der Waals surface area contributed by atoms with Crippen LogP contribution in [0.15, 0.2) is 4.52 Å². The Kier molecular flexibility index (Phi) is 7.06. The first kappa shape index (κ1) is 18.7. The quantitative estimate of drug-likeness (QED) is 0.702. The first-order valence-corrected chi connectivity index (χ1v) is 9.48. The summed E-state index contributed by atoms with van der Waals surface area (Å²) in [6, 6.07) is -0.00619. The maximum absolute atomic E-state index is 12.1. The Labute approximate surface area is 132 Å². The summed E-state index contributed by atoms with van der Waals surface area (Å²) in [7, 11) is -3.53. The number of sulfone groups is 1. The summed E-state index contributed by atoms with van der Waals surface area (Å²) >= 11 is 0. The van der Waals surface area contributed by atoms with Gasteiger partial charge in [-0.05, 0) is 27.2 Å². The maximum Gasteiger partial charge on any atom is 0.235 e. The van der Waals surface area contributed by atoms with E-state index in [1.165, 1.54) is 0 Å². The molecule has 0 radical (unpaired) electrons. The van der Waals surface area contributed by atoms with Crippen molar-refractivity contribution in [2.75, 3.05) is 5.75 Å². The molecular weight excluding hydrogens is 304 g/mol. The van der Waals surface area contributed by atoms with Crippen LogP contribution in [0.2, 0.25) is 0 Å². The number of nitrogens with one attached hydrogen (secondary N) is 1. The van der Waals surface area contributed by atoms with Gasteiger partial charge in [-0.15, -0.1) is 0 Å². The highest BCUT2D eigenvalue weighted by atomic mass is 32.2. The second kappa shape index (κ2) is 8.31. The second-order valence-electron chi connectivity index (χ2n) is 5.80. The van der Waals surface area contributed by atoms with Gasteiger partial charge in [0, 0.05) is 11.6 Å². The van der Waals surface area contributed by atoms with Gasteiger partial charge in [-0.1, -0.05) is 31.3 Å². The molecule has 1 rings (SSSR count). The van der Waals surface area contributed by atoms with Gasteiger partial charge in [-0.3, -0.25) is 4.79 Å². The molecule has 1 aromatic heterocycles. The largest absolute Gasteiger partial charge is 0.361 e. The molecule has 0 aliphatic rings. The van der Waals surface area contributed by atoms with Gasteiger partial charge in [0.1, 0.15) is 11.5 Å². The number of amides is 1. The van der Waals surface area contributed by atoms with E-state index in [4.69, 9.17) is 4.52 Å². The van der Waals surface area contributed by atoms with E-state index >= 15 is 0 Å². The van der Waals surface area contributed by atoms with Crippen molar-refractivity contribution in [3.05, 3.63) is 17.0 Å². The number of aryl methyl sites for hydroxylation is 2. The molecule has 0 fully saturated rings. The van der Waals surface area contributed by atoms with Crippen molar-refractivity contribution in [1.82, 2.24) is 10.5 Å². The minimum absolute atomic E-state index is 0.00619. The number of carbonyl (C=O) groups excluding carboxylic acids is 1. The number of aromatic nitrogens is 1. The zero-order valence-corrected chi connectivity index (χ0v) is 14.6. The maximum atomic E-state index is 12.1. The standard InChI is InChI=1S/C15H26N2O4S/c1-5-6-7-8-11(2)16-15(18)10-22(19,20)9-14-12(3)17-21-13(14)4/h11H,5-10H2,1-4H3,(H,16,18). The highest BCUT2D eigenvalue weighted by Crippen LogP contribution is 2.16. The van der Waals surface area contributed by atoms with Crippen molar-refractivity contribution in [2.45, 2.75) is 65.2 Å². The smallest absolute Gasteiger partial charge is 0.235 e. The van der Waals surface area contributed by atoms with Crippen LogP contribution in [0.1, 0.15) is 56.5 Å². The predicted octanol–water partition coefficient (Wildman–Crippen LogP) is 2.29. The molecule has 126 valence electrons. The summed E-state index contributed by atoms with van der Waals surface area (Å²) in [5, 5.41) is 6.48. The lowest BCUT2D eigenvalue weighted by molar-refractivity contribution is -0.119. The molecule has 0 saturated heterocycles. The fraction of sp³-hybridized carbons (Fsp3) is 0.733. The summed E-state index contributed by atoms with van der Waals surface area (Å²) in [5.41, 5.74) is 1.10. The Morgan fingerprint density at radius 1 is 1.32 bits per heavy atom. The molecule has 6 nitrogen and oxygen atoms in total. The lowest BCUT2D eigenvalue weighted by atomic mass is 10.1. The Balaban J connectivity index is 2.52. The van der Waals surface area contributed by atoms with Gasteiger partial charge in [0.15, 0.2) is 9.84 Å². The first-order chi connectivity index (χ1) is 10.2. The molecule has 7 heteroatoms. The molecule has 1 amide bonds. The molecule has 1 atom stereocenters. The highest BCUT2D eigenvalue weighted by Gasteiger charge is 2.22. The van der Waals surface area contributed by atoms with E-state index in [0.717, 1.165) is 25.7 Å². The van der Waals surface area contributed by atoms with Crippen LogP contribution >= 0.6 is 0 Å². The van der Waals surface area contributed by atoms with Gasteiger partial charge in [-0.2, -0.15) is 0 Å². The van der Waals surface area contributed by atoms with Crippen LogP contribution in [0, 0.1) is 13.8 Å².